The van der Waals surface area contributed by atoms with Crippen LogP contribution in [-0.2, 0) is 20.8 Å². The Bertz CT molecular complexity index is 1910. The van der Waals surface area contributed by atoms with Crippen LogP contribution in [0.1, 0.15) is 55.2 Å². The van der Waals surface area contributed by atoms with Gasteiger partial charge in [-0.1, -0.05) is 41.7 Å². The monoisotopic (exact) mass is 585 g/mol. The fourth-order valence-corrected chi connectivity index (χ4v) is 7.22. The smallest absolute Gasteiger partial charge is 0.338 e. The summed E-state index contributed by atoms with van der Waals surface area (Å²) in [5, 5.41) is 1.79. The number of rotatable bonds is 7. The minimum absolute atomic E-state index is 0.193. The summed E-state index contributed by atoms with van der Waals surface area (Å²) >= 11 is 1.34. The van der Waals surface area contributed by atoms with Gasteiger partial charge in [-0.2, -0.15) is 0 Å². The molecule has 0 spiro atoms. The molecule has 4 aromatic rings. The van der Waals surface area contributed by atoms with E-state index in [4.69, 9.17) is 19.2 Å². The van der Waals surface area contributed by atoms with Crippen molar-refractivity contribution in [1.82, 2.24) is 9.13 Å². The number of esters is 1. The Labute approximate surface area is 248 Å². The fraction of sp³-hybridized carbons (Fsp3) is 0.364. The minimum Gasteiger partial charge on any atom is -0.496 e. The first kappa shape index (κ1) is 28.2. The van der Waals surface area contributed by atoms with Crippen LogP contribution in [0, 0.1) is 13.8 Å². The Hall–Kier alpha value is -3.95. The van der Waals surface area contributed by atoms with Crippen molar-refractivity contribution in [3.8, 4) is 5.75 Å². The number of fused-ring (bicyclic) bond motifs is 2. The van der Waals surface area contributed by atoms with Crippen LogP contribution in [0.5, 0.6) is 5.75 Å². The number of nitrogens with zero attached hydrogens (tertiary/aromatic N) is 3. The van der Waals surface area contributed by atoms with Crippen LogP contribution in [0.3, 0.4) is 0 Å². The number of hydrogen-bond donors (Lipinski definition) is 0. The van der Waals surface area contributed by atoms with Crippen molar-refractivity contribution in [2.45, 2.75) is 59.2 Å². The molecule has 8 nitrogen and oxygen atoms in total. The number of allylic oxidation sites excluding steroid dienone is 1. The van der Waals surface area contributed by atoms with E-state index in [1.54, 1.807) is 25.5 Å². The Morgan fingerprint density at radius 1 is 1.17 bits per heavy atom. The molecule has 1 fully saturated rings. The number of benzene rings is 2. The number of carbonyl (C=O) groups is 1. The molecule has 0 amide bonds. The molecule has 2 atom stereocenters. The molecule has 0 bridgehead atoms. The maximum atomic E-state index is 14.2. The molecule has 218 valence electrons. The highest BCUT2D eigenvalue weighted by molar-refractivity contribution is 7.07. The molecular weight excluding hydrogens is 550 g/mol. The van der Waals surface area contributed by atoms with Crippen molar-refractivity contribution in [2.75, 3.05) is 20.3 Å². The molecule has 9 heteroatoms. The van der Waals surface area contributed by atoms with Crippen molar-refractivity contribution in [1.29, 1.82) is 0 Å². The summed E-state index contributed by atoms with van der Waals surface area (Å²) in [7, 11) is 1.64. The van der Waals surface area contributed by atoms with Gasteiger partial charge in [0.05, 0.1) is 41.7 Å². The van der Waals surface area contributed by atoms with Crippen molar-refractivity contribution in [3.63, 3.8) is 0 Å². The van der Waals surface area contributed by atoms with Crippen LogP contribution in [0.4, 0.5) is 0 Å². The topological polar surface area (TPSA) is 84.0 Å². The second-order valence-electron chi connectivity index (χ2n) is 10.8. The molecule has 1 saturated heterocycles. The third-order valence-corrected chi connectivity index (χ3v) is 9.24. The summed E-state index contributed by atoms with van der Waals surface area (Å²) in [4.78, 5) is 32.9. The van der Waals surface area contributed by atoms with E-state index in [1.165, 1.54) is 11.3 Å². The zero-order valence-electron chi connectivity index (χ0n) is 24.6. The molecule has 2 aromatic heterocycles. The molecule has 2 aromatic carbocycles. The molecule has 0 N–H and O–H groups in total. The van der Waals surface area contributed by atoms with Crippen LogP contribution in [0.15, 0.2) is 63.5 Å². The van der Waals surface area contributed by atoms with E-state index in [9.17, 15) is 9.59 Å². The largest absolute Gasteiger partial charge is 0.496 e. The molecule has 0 radical (unpaired) electrons. The average molecular weight is 586 g/mol. The van der Waals surface area contributed by atoms with Crippen LogP contribution in [0.25, 0.3) is 16.8 Å². The Morgan fingerprint density at radius 2 is 1.95 bits per heavy atom. The van der Waals surface area contributed by atoms with E-state index in [1.807, 2.05) is 42.5 Å². The number of methoxy groups -OCH3 is 1. The number of thiazole rings is 1. The van der Waals surface area contributed by atoms with Crippen molar-refractivity contribution < 1.29 is 19.0 Å². The molecule has 4 heterocycles. The summed E-state index contributed by atoms with van der Waals surface area (Å²) in [6.07, 6.45) is 4.32. The number of carbonyl (C=O) groups excluding carboxylic acids is 1. The average Bonchev–Trinajstić information content (AvgIpc) is 3.67. The zero-order chi connectivity index (χ0) is 29.5. The summed E-state index contributed by atoms with van der Waals surface area (Å²) in [6.45, 7) is 9.59. The SMILES string of the molecule is CCOC(=O)C1=C(C)N=c2s/c(=C\c3cc(C)n(C[C@@H]4CCCO4)c3C)c(=O)n2[C@@H]1c1ccc(OC)c2ccccc12. The Morgan fingerprint density at radius 3 is 2.67 bits per heavy atom. The van der Waals surface area contributed by atoms with Gasteiger partial charge < -0.3 is 18.8 Å². The molecule has 6 rings (SSSR count). The first-order chi connectivity index (χ1) is 20.3. The van der Waals surface area contributed by atoms with Gasteiger partial charge in [0.1, 0.15) is 5.75 Å². The first-order valence-electron chi connectivity index (χ1n) is 14.4. The maximum Gasteiger partial charge on any atom is 0.338 e. The van der Waals surface area contributed by atoms with Gasteiger partial charge in [-0.05, 0) is 75.3 Å². The van der Waals surface area contributed by atoms with Crippen LogP contribution < -0.4 is 19.6 Å². The third-order valence-electron chi connectivity index (χ3n) is 8.26. The highest BCUT2D eigenvalue weighted by Gasteiger charge is 2.34. The quantitative estimate of drug-likeness (QED) is 0.297. The molecule has 2 aliphatic heterocycles. The van der Waals surface area contributed by atoms with E-state index >= 15 is 0 Å². The summed E-state index contributed by atoms with van der Waals surface area (Å²) in [5.74, 6) is 0.245. The summed E-state index contributed by atoms with van der Waals surface area (Å²) < 4.78 is 21.5. The highest BCUT2D eigenvalue weighted by Crippen LogP contribution is 2.38. The van der Waals surface area contributed by atoms with Gasteiger partial charge in [0.25, 0.3) is 5.56 Å². The molecule has 0 saturated carbocycles. The van der Waals surface area contributed by atoms with E-state index in [0.29, 0.717) is 20.6 Å². The second-order valence-corrected chi connectivity index (χ2v) is 11.8. The number of aromatic nitrogens is 2. The van der Waals surface area contributed by atoms with Crippen molar-refractivity contribution >= 4 is 34.2 Å². The highest BCUT2D eigenvalue weighted by atomic mass is 32.1. The van der Waals surface area contributed by atoms with Crippen molar-refractivity contribution in [3.05, 3.63) is 95.9 Å². The molecule has 42 heavy (non-hydrogen) atoms. The fourth-order valence-electron chi connectivity index (χ4n) is 6.18. The maximum absolute atomic E-state index is 14.2. The predicted molar refractivity (Wildman–Crippen MR) is 164 cm³/mol. The van der Waals surface area contributed by atoms with Crippen LogP contribution in [0.2, 0.25) is 0 Å². The molecular formula is C33H35N3O5S. The lowest BCUT2D eigenvalue weighted by molar-refractivity contribution is -0.139. The second kappa shape index (κ2) is 11.4. The van der Waals surface area contributed by atoms with E-state index in [-0.39, 0.29) is 18.3 Å². The zero-order valence-corrected chi connectivity index (χ0v) is 25.4. The van der Waals surface area contributed by atoms with Crippen molar-refractivity contribution in [2.24, 2.45) is 4.99 Å². The number of ether oxygens (including phenoxy) is 3. The molecule has 0 aliphatic carbocycles. The van der Waals surface area contributed by atoms with Gasteiger partial charge >= 0.3 is 5.97 Å². The van der Waals surface area contributed by atoms with Gasteiger partial charge in [-0.3, -0.25) is 9.36 Å². The van der Waals surface area contributed by atoms with Gasteiger partial charge in [-0.25, -0.2) is 9.79 Å². The first-order valence-corrected chi connectivity index (χ1v) is 15.2. The van der Waals surface area contributed by atoms with E-state index < -0.39 is 12.0 Å². The van der Waals surface area contributed by atoms with Gasteiger partial charge in [0.15, 0.2) is 4.80 Å². The van der Waals surface area contributed by atoms with Gasteiger partial charge in [0, 0.05) is 29.9 Å². The number of hydrogen-bond acceptors (Lipinski definition) is 7. The number of aryl methyl sites for hydroxylation is 1. The minimum atomic E-state index is -0.704. The van der Waals surface area contributed by atoms with Gasteiger partial charge in [-0.15, -0.1) is 0 Å². The Kier molecular flexibility index (Phi) is 7.64. The van der Waals surface area contributed by atoms with Crippen LogP contribution in [-0.4, -0.2) is 41.5 Å². The van der Waals surface area contributed by atoms with Crippen LogP contribution >= 0.6 is 11.3 Å². The van der Waals surface area contributed by atoms with Gasteiger partial charge in [0.2, 0.25) is 0 Å². The lowest BCUT2D eigenvalue weighted by Crippen LogP contribution is -2.40. The van der Waals surface area contributed by atoms with E-state index in [2.05, 4.69) is 24.5 Å². The standard InChI is InChI=1S/C33H35N3O5S/c1-6-40-32(38)29-20(3)34-33-36(30(29)26-13-14-27(39-5)25-12-8-7-11-24(25)26)31(37)28(42-33)17-22-16-19(2)35(21(22)4)18-23-10-9-15-41-23/h7-8,11-14,16-17,23,30H,6,9-10,15,18H2,1-5H3/b28-17-/t23-,30+/m0/s1. The third kappa shape index (κ3) is 4.80. The summed E-state index contributed by atoms with van der Waals surface area (Å²) in [5.41, 5.74) is 4.73. The summed E-state index contributed by atoms with van der Waals surface area (Å²) in [6, 6.07) is 13.1. The molecule has 2 aliphatic rings. The lowest BCUT2D eigenvalue weighted by Gasteiger charge is -2.26. The Balaban J connectivity index is 1.54. The molecule has 0 unspecified atom stereocenters. The van der Waals surface area contributed by atoms with E-state index in [0.717, 1.165) is 65.0 Å². The predicted octanol–water partition coefficient (Wildman–Crippen LogP) is 4.56. The lowest BCUT2D eigenvalue weighted by atomic mass is 9.91. The normalized spacial score (nSPS) is 18.8.